The van der Waals surface area contributed by atoms with Crippen LogP contribution in [0.1, 0.15) is 45.2 Å². The summed E-state index contributed by atoms with van der Waals surface area (Å²) in [4.78, 5) is 16.8. The number of carbonyl (C=O) groups excluding carboxylic acids is 1. The molecule has 1 unspecified atom stereocenters. The lowest BCUT2D eigenvalue weighted by molar-refractivity contribution is -0.00336. The van der Waals surface area contributed by atoms with Gasteiger partial charge < -0.3 is 9.47 Å². The fraction of sp³-hybridized carbons (Fsp3) is 0.350. The van der Waals surface area contributed by atoms with Gasteiger partial charge in [0.05, 0.1) is 5.56 Å². The van der Waals surface area contributed by atoms with Crippen molar-refractivity contribution in [1.82, 2.24) is 10.3 Å². The van der Waals surface area contributed by atoms with Gasteiger partial charge in [-0.25, -0.2) is 9.78 Å². The smallest absolute Gasteiger partial charge is 0.411 e. The highest BCUT2D eigenvalue weighted by Gasteiger charge is 2.37. The fourth-order valence-corrected chi connectivity index (χ4v) is 2.86. The van der Waals surface area contributed by atoms with Crippen LogP contribution in [0.25, 0.3) is 0 Å². The van der Waals surface area contributed by atoms with Crippen molar-refractivity contribution in [3.63, 3.8) is 0 Å². The molecule has 1 N–H and O–H groups in total. The summed E-state index contributed by atoms with van der Waals surface area (Å²) < 4.78 is 12.2. The van der Waals surface area contributed by atoms with Gasteiger partial charge in [-0.15, -0.1) is 0 Å². The molecule has 0 saturated heterocycles. The summed E-state index contributed by atoms with van der Waals surface area (Å²) in [6.45, 7) is 7.16. The molecule has 0 aliphatic rings. The van der Waals surface area contributed by atoms with Gasteiger partial charge in [-0.3, -0.25) is 5.32 Å². The van der Waals surface area contributed by atoms with Gasteiger partial charge in [-0.05, 0) is 61.0 Å². The maximum Gasteiger partial charge on any atom is 0.411 e. The highest BCUT2D eigenvalue weighted by Crippen LogP contribution is 2.33. The summed E-state index contributed by atoms with van der Waals surface area (Å²) in [5.41, 5.74) is -1.12. The van der Waals surface area contributed by atoms with E-state index in [1.54, 1.807) is 51.2 Å². The molecule has 6 nitrogen and oxygen atoms in total. The first kappa shape index (κ1) is 22.0. The normalized spacial score (nSPS) is 13.2. The van der Waals surface area contributed by atoms with Crippen LogP contribution < -0.4 is 10.1 Å². The van der Waals surface area contributed by atoms with E-state index < -0.39 is 17.4 Å². The van der Waals surface area contributed by atoms with Gasteiger partial charge in [0.25, 0.3) is 0 Å². The van der Waals surface area contributed by atoms with Crippen LogP contribution in [-0.4, -0.2) is 16.7 Å². The number of ether oxygens (including phenoxy) is 2. The molecule has 0 saturated carbocycles. The third kappa shape index (κ3) is 5.60. The summed E-state index contributed by atoms with van der Waals surface area (Å²) in [7, 11) is 0. The van der Waals surface area contributed by atoms with Crippen molar-refractivity contribution in [1.29, 1.82) is 5.26 Å². The maximum atomic E-state index is 12.6. The van der Waals surface area contributed by atoms with Crippen LogP contribution in [0, 0.1) is 11.3 Å². The Labute approximate surface area is 177 Å². The largest absolute Gasteiger partial charge is 0.462 e. The van der Waals surface area contributed by atoms with E-state index in [1.165, 1.54) is 6.07 Å². The van der Waals surface area contributed by atoms with Crippen molar-refractivity contribution in [2.75, 3.05) is 0 Å². The van der Waals surface area contributed by atoms with Crippen molar-refractivity contribution in [2.45, 2.75) is 45.4 Å². The molecule has 8 heteroatoms. The molecular formula is C20H21BrClN3O3. The van der Waals surface area contributed by atoms with E-state index in [2.05, 4.69) is 32.3 Å². The predicted octanol–water partition coefficient (Wildman–Crippen LogP) is 5.54. The van der Waals surface area contributed by atoms with E-state index in [4.69, 9.17) is 21.1 Å². The maximum absolute atomic E-state index is 12.6. The van der Waals surface area contributed by atoms with E-state index >= 15 is 0 Å². The summed E-state index contributed by atoms with van der Waals surface area (Å²) >= 11 is 9.38. The van der Waals surface area contributed by atoms with Crippen molar-refractivity contribution < 1.29 is 14.3 Å². The Balaban J connectivity index is 2.52. The number of benzene rings is 1. The number of nitrogens with zero attached hydrogens (tertiary/aromatic N) is 2. The van der Waals surface area contributed by atoms with Crippen LogP contribution in [0.4, 0.5) is 4.79 Å². The molecule has 0 radical (unpaired) electrons. The van der Waals surface area contributed by atoms with Gasteiger partial charge >= 0.3 is 6.09 Å². The zero-order chi connectivity index (χ0) is 20.9. The standard InChI is InChI=1S/C20H21BrClN3O3/c1-5-20(14-7-9-17(21)24-12-14,25-18(26)28-19(2,3)4)27-16-10-15(22)8-6-13(16)11-23/h6-10,12H,5H2,1-4H3,(H,25,26). The molecule has 0 bridgehead atoms. The lowest BCUT2D eigenvalue weighted by Gasteiger charge is -2.35. The van der Waals surface area contributed by atoms with Gasteiger partial charge in [0.2, 0.25) is 5.72 Å². The molecule has 1 heterocycles. The minimum atomic E-state index is -1.31. The number of nitriles is 1. The van der Waals surface area contributed by atoms with Gasteiger partial charge in [-0.1, -0.05) is 18.5 Å². The van der Waals surface area contributed by atoms with Gasteiger partial charge in [0, 0.05) is 29.3 Å². The van der Waals surface area contributed by atoms with Crippen molar-refractivity contribution >= 4 is 33.6 Å². The van der Waals surface area contributed by atoms with E-state index in [-0.39, 0.29) is 5.75 Å². The number of hydrogen-bond acceptors (Lipinski definition) is 5. The highest BCUT2D eigenvalue weighted by atomic mass is 79.9. The third-order valence-electron chi connectivity index (χ3n) is 3.74. The molecule has 1 aromatic carbocycles. The first-order valence-electron chi connectivity index (χ1n) is 8.60. The molecule has 2 rings (SSSR count). The van der Waals surface area contributed by atoms with Crippen LogP contribution in [0.5, 0.6) is 5.75 Å². The van der Waals surface area contributed by atoms with E-state index in [0.717, 1.165) is 0 Å². The van der Waals surface area contributed by atoms with Crippen LogP contribution >= 0.6 is 27.5 Å². The molecular weight excluding hydrogens is 446 g/mol. The number of hydrogen-bond donors (Lipinski definition) is 1. The number of nitrogens with one attached hydrogen (secondary N) is 1. The van der Waals surface area contributed by atoms with Gasteiger partial charge in [-0.2, -0.15) is 5.26 Å². The lowest BCUT2D eigenvalue weighted by Crippen LogP contribution is -2.51. The summed E-state index contributed by atoms with van der Waals surface area (Å²) in [6.07, 6.45) is 1.27. The second-order valence-corrected chi connectivity index (χ2v) is 8.28. The number of carbonyl (C=O) groups is 1. The number of pyridine rings is 1. The Kier molecular flexibility index (Phi) is 6.91. The summed E-state index contributed by atoms with van der Waals surface area (Å²) in [5, 5.41) is 12.6. The fourth-order valence-electron chi connectivity index (χ4n) is 2.47. The number of amides is 1. The SMILES string of the molecule is CCC(NC(=O)OC(C)(C)C)(Oc1cc(Cl)ccc1C#N)c1ccc(Br)nc1. The Morgan fingerprint density at radius 1 is 1.32 bits per heavy atom. The molecule has 0 fully saturated rings. The monoisotopic (exact) mass is 465 g/mol. The number of alkyl carbamates (subject to hydrolysis) is 1. The number of aromatic nitrogens is 1. The minimum absolute atomic E-state index is 0.246. The quantitative estimate of drug-likeness (QED) is 0.462. The molecule has 1 aromatic heterocycles. The van der Waals surface area contributed by atoms with Crippen molar-refractivity contribution in [2.24, 2.45) is 0 Å². The molecule has 1 amide bonds. The number of halogens is 2. The molecule has 0 spiro atoms. The van der Waals surface area contributed by atoms with Crippen LogP contribution in [0.3, 0.4) is 0 Å². The molecule has 148 valence electrons. The average Bonchev–Trinajstić information content (AvgIpc) is 2.60. The minimum Gasteiger partial charge on any atom is -0.462 e. The zero-order valence-corrected chi connectivity index (χ0v) is 18.4. The second kappa shape index (κ2) is 8.80. The average molecular weight is 467 g/mol. The summed E-state index contributed by atoms with van der Waals surface area (Å²) in [6, 6.07) is 10.3. The van der Waals surface area contributed by atoms with Crippen LogP contribution in [-0.2, 0) is 10.5 Å². The molecule has 0 aliphatic heterocycles. The van der Waals surface area contributed by atoms with Crippen molar-refractivity contribution in [3.05, 3.63) is 57.3 Å². The highest BCUT2D eigenvalue weighted by molar-refractivity contribution is 9.10. The van der Waals surface area contributed by atoms with Crippen LogP contribution in [0.15, 0.2) is 41.1 Å². The summed E-state index contributed by atoms with van der Waals surface area (Å²) in [5.74, 6) is 0.246. The van der Waals surface area contributed by atoms with E-state index in [0.29, 0.717) is 27.2 Å². The molecule has 0 aliphatic carbocycles. The number of rotatable bonds is 5. The van der Waals surface area contributed by atoms with E-state index in [9.17, 15) is 10.1 Å². The Morgan fingerprint density at radius 2 is 2.04 bits per heavy atom. The van der Waals surface area contributed by atoms with E-state index in [1.807, 2.05) is 6.92 Å². The van der Waals surface area contributed by atoms with Crippen LogP contribution in [0.2, 0.25) is 5.02 Å². The Hall–Kier alpha value is -2.30. The van der Waals surface area contributed by atoms with Crippen molar-refractivity contribution in [3.8, 4) is 11.8 Å². The first-order chi connectivity index (χ1) is 13.1. The van der Waals surface area contributed by atoms with Gasteiger partial charge in [0.15, 0.2) is 0 Å². The molecule has 28 heavy (non-hydrogen) atoms. The third-order valence-corrected chi connectivity index (χ3v) is 4.45. The predicted molar refractivity (Wildman–Crippen MR) is 110 cm³/mol. The molecule has 1 atom stereocenters. The lowest BCUT2D eigenvalue weighted by atomic mass is 10.0. The topological polar surface area (TPSA) is 84.2 Å². The second-order valence-electron chi connectivity index (χ2n) is 7.03. The van der Waals surface area contributed by atoms with Gasteiger partial charge in [0.1, 0.15) is 22.0 Å². The Bertz CT molecular complexity index is 891. The zero-order valence-electron chi connectivity index (χ0n) is 16.0. The Morgan fingerprint density at radius 3 is 2.57 bits per heavy atom. The first-order valence-corrected chi connectivity index (χ1v) is 9.77. The molecule has 2 aromatic rings.